The van der Waals surface area contributed by atoms with Crippen LogP contribution in [0.15, 0.2) is 20.1 Å². The van der Waals surface area contributed by atoms with Gasteiger partial charge in [0.1, 0.15) is 10.3 Å². The van der Waals surface area contributed by atoms with Gasteiger partial charge in [-0.2, -0.15) is 4.72 Å². The first-order valence-electron chi connectivity index (χ1n) is 5.04. The van der Waals surface area contributed by atoms with Crippen molar-refractivity contribution in [2.75, 3.05) is 0 Å². The van der Waals surface area contributed by atoms with Crippen molar-refractivity contribution in [3.8, 4) is 0 Å². The summed E-state index contributed by atoms with van der Waals surface area (Å²) in [6.07, 6.45) is 0. The SMILES string of the molecule is CC(C)(C)[C@@H](NS(=O)(=O)c1sccc1Br)C(=O)O. The van der Waals surface area contributed by atoms with Crippen molar-refractivity contribution in [3.05, 3.63) is 15.9 Å². The molecule has 0 amide bonds. The summed E-state index contributed by atoms with van der Waals surface area (Å²) in [7, 11) is -3.83. The Morgan fingerprint density at radius 1 is 1.50 bits per heavy atom. The lowest BCUT2D eigenvalue weighted by molar-refractivity contribution is -0.141. The highest BCUT2D eigenvalue weighted by molar-refractivity contribution is 9.10. The van der Waals surface area contributed by atoms with Crippen molar-refractivity contribution >= 4 is 43.3 Å². The van der Waals surface area contributed by atoms with Crippen molar-refractivity contribution < 1.29 is 18.3 Å². The fourth-order valence-electron chi connectivity index (χ4n) is 1.28. The van der Waals surface area contributed by atoms with Crippen LogP contribution in [0.25, 0.3) is 0 Å². The van der Waals surface area contributed by atoms with E-state index in [9.17, 15) is 13.2 Å². The lowest BCUT2D eigenvalue weighted by Gasteiger charge is -2.27. The second kappa shape index (κ2) is 5.28. The van der Waals surface area contributed by atoms with Gasteiger partial charge in [-0.1, -0.05) is 20.8 Å². The minimum atomic E-state index is -3.83. The third kappa shape index (κ3) is 3.53. The van der Waals surface area contributed by atoms with Crippen LogP contribution in [-0.4, -0.2) is 25.5 Å². The van der Waals surface area contributed by atoms with Gasteiger partial charge in [-0.05, 0) is 32.8 Å². The number of aliphatic carboxylic acids is 1. The largest absolute Gasteiger partial charge is 0.480 e. The monoisotopic (exact) mass is 355 g/mol. The van der Waals surface area contributed by atoms with Gasteiger partial charge in [-0.15, -0.1) is 11.3 Å². The topological polar surface area (TPSA) is 83.5 Å². The van der Waals surface area contributed by atoms with Gasteiger partial charge in [-0.3, -0.25) is 4.79 Å². The van der Waals surface area contributed by atoms with Crippen molar-refractivity contribution in [2.45, 2.75) is 31.0 Å². The minimum absolute atomic E-state index is 0.0815. The zero-order chi connectivity index (χ0) is 14.1. The second-order valence-electron chi connectivity index (χ2n) is 4.81. The molecule has 2 N–H and O–H groups in total. The molecule has 1 aromatic heterocycles. The molecule has 0 radical (unpaired) electrons. The molecule has 1 heterocycles. The third-order valence-electron chi connectivity index (χ3n) is 2.21. The lowest BCUT2D eigenvalue weighted by Crippen LogP contribution is -2.48. The summed E-state index contributed by atoms with van der Waals surface area (Å²) >= 11 is 4.15. The summed E-state index contributed by atoms with van der Waals surface area (Å²) < 4.78 is 26.9. The molecule has 0 bridgehead atoms. The zero-order valence-electron chi connectivity index (χ0n) is 10.1. The van der Waals surface area contributed by atoms with Crippen LogP contribution in [0, 0.1) is 5.41 Å². The van der Waals surface area contributed by atoms with Crippen LogP contribution in [0.5, 0.6) is 0 Å². The molecule has 0 aliphatic rings. The number of nitrogens with one attached hydrogen (secondary N) is 1. The van der Waals surface area contributed by atoms with Crippen LogP contribution >= 0.6 is 27.3 Å². The molecule has 0 aromatic carbocycles. The van der Waals surface area contributed by atoms with E-state index in [4.69, 9.17) is 5.11 Å². The molecular weight excluding hydrogens is 342 g/mol. The molecule has 0 saturated heterocycles. The van der Waals surface area contributed by atoms with Gasteiger partial charge in [0.25, 0.3) is 10.0 Å². The molecule has 0 unspecified atom stereocenters. The maximum absolute atomic E-state index is 12.1. The molecule has 8 heteroatoms. The standard InChI is InChI=1S/C10H14BrNO4S2/c1-10(2,3)7(8(13)14)12-18(15,16)9-6(11)4-5-17-9/h4-5,7,12H,1-3H3,(H,13,14)/t7-/m0/s1. The number of carboxylic acids is 1. The third-order valence-corrected chi connectivity index (χ3v) is 6.31. The number of sulfonamides is 1. The average molecular weight is 356 g/mol. The molecule has 1 rings (SSSR count). The van der Waals surface area contributed by atoms with Gasteiger partial charge >= 0.3 is 5.97 Å². The zero-order valence-corrected chi connectivity index (χ0v) is 13.3. The molecular formula is C10H14BrNO4S2. The van der Waals surface area contributed by atoms with Crippen molar-refractivity contribution in [1.29, 1.82) is 0 Å². The molecule has 0 saturated carbocycles. The van der Waals surface area contributed by atoms with Gasteiger partial charge < -0.3 is 5.11 Å². The van der Waals surface area contributed by atoms with Crippen molar-refractivity contribution in [3.63, 3.8) is 0 Å². The number of rotatable bonds is 4. The first-order valence-corrected chi connectivity index (χ1v) is 8.19. The lowest BCUT2D eigenvalue weighted by atomic mass is 9.88. The van der Waals surface area contributed by atoms with Gasteiger partial charge in [0.15, 0.2) is 0 Å². The van der Waals surface area contributed by atoms with Gasteiger partial charge in [0.2, 0.25) is 0 Å². The Morgan fingerprint density at radius 3 is 2.39 bits per heavy atom. The van der Waals surface area contributed by atoms with E-state index in [1.165, 1.54) is 0 Å². The van der Waals surface area contributed by atoms with E-state index < -0.39 is 27.4 Å². The minimum Gasteiger partial charge on any atom is -0.480 e. The van der Waals surface area contributed by atoms with Crippen LogP contribution in [-0.2, 0) is 14.8 Å². The van der Waals surface area contributed by atoms with Gasteiger partial charge in [0.05, 0.1) is 0 Å². The maximum Gasteiger partial charge on any atom is 0.322 e. The van der Waals surface area contributed by atoms with E-state index in [2.05, 4.69) is 20.7 Å². The Kier molecular flexibility index (Phi) is 4.58. The van der Waals surface area contributed by atoms with Crippen molar-refractivity contribution in [2.24, 2.45) is 5.41 Å². The summed E-state index contributed by atoms with van der Waals surface area (Å²) in [4.78, 5) is 11.1. The normalized spacial score (nSPS) is 14.4. The molecule has 1 aromatic rings. The molecule has 1 atom stereocenters. The van der Waals surface area contributed by atoms with Gasteiger partial charge in [0, 0.05) is 4.47 Å². The average Bonchev–Trinajstić information content (AvgIpc) is 2.59. The first kappa shape index (κ1) is 15.6. The fourth-order valence-corrected chi connectivity index (χ4v) is 5.03. The Labute approximate surface area is 118 Å². The van der Waals surface area contributed by atoms with E-state index in [-0.39, 0.29) is 4.21 Å². The predicted molar refractivity (Wildman–Crippen MR) is 73.2 cm³/mol. The summed E-state index contributed by atoms with van der Waals surface area (Å²) in [5, 5.41) is 10.7. The summed E-state index contributed by atoms with van der Waals surface area (Å²) in [6.45, 7) is 4.99. The van der Waals surface area contributed by atoms with Crippen LogP contribution in [0.4, 0.5) is 0 Å². The number of carboxylic acid groups (broad SMARTS) is 1. The van der Waals surface area contributed by atoms with E-state index in [1.807, 2.05) is 0 Å². The Hall–Kier alpha value is -0.440. The van der Waals surface area contributed by atoms with Crippen LogP contribution in [0.2, 0.25) is 0 Å². The Morgan fingerprint density at radius 2 is 2.06 bits per heavy atom. The molecule has 0 aliphatic heterocycles. The molecule has 5 nitrogen and oxygen atoms in total. The smallest absolute Gasteiger partial charge is 0.322 e. The number of carbonyl (C=O) groups is 1. The Balaban J connectivity index is 3.09. The van der Waals surface area contributed by atoms with Crippen LogP contribution in [0.1, 0.15) is 20.8 Å². The number of hydrogen-bond acceptors (Lipinski definition) is 4. The number of halogens is 1. The van der Waals surface area contributed by atoms with E-state index >= 15 is 0 Å². The van der Waals surface area contributed by atoms with E-state index in [0.717, 1.165) is 11.3 Å². The predicted octanol–water partition coefficient (Wildman–Crippen LogP) is 2.29. The molecule has 0 fully saturated rings. The molecule has 102 valence electrons. The highest BCUT2D eigenvalue weighted by Crippen LogP contribution is 2.29. The van der Waals surface area contributed by atoms with Gasteiger partial charge in [-0.25, -0.2) is 8.42 Å². The highest BCUT2D eigenvalue weighted by Gasteiger charge is 2.36. The van der Waals surface area contributed by atoms with E-state index in [0.29, 0.717) is 4.47 Å². The summed E-state index contributed by atoms with van der Waals surface area (Å²) in [5.74, 6) is -1.20. The summed E-state index contributed by atoms with van der Waals surface area (Å²) in [5.41, 5.74) is -0.720. The quantitative estimate of drug-likeness (QED) is 0.867. The van der Waals surface area contributed by atoms with E-state index in [1.54, 1.807) is 32.2 Å². The fraction of sp³-hybridized carbons (Fsp3) is 0.500. The molecule has 0 aliphatic carbocycles. The maximum atomic E-state index is 12.1. The van der Waals surface area contributed by atoms with Crippen LogP contribution in [0.3, 0.4) is 0 Å². The van der Waals surface area contributed by atoms with Crippen LogP contribution < -0.4 is 4.72 Å². The first-order chi connectivity index (χ1) is 8.05. The number of hydrogen-bond donors (Lipinski definition) is 2. The van der Waals surface area contributed by atoms with Crippen molar-refractivity contribution in [1.82, 2.24) is 4.72 Å². The second-order valence-corrected chi connectivity index (χ2v) is 8.49. The Bertz CT molecular complexity index is 544. The summed E-state index contributed by atoms with van der Waals surface area (Å²) in [6, 6.07) is 0.419. The molecule has 18 heavy (non-hydrogen) atoms. The number of thiophene rings is 1. The highest BCUT2D eigenvalue weighted by atomic mass is 79.9. The molecule has 0 spiro atoms.